The Hall–Kier alpha value is -0.530. The van der Waals surface area contributed by atoms with Gasteiger partial charge in [-0.25, -0.2) is 0 Å². The van der Waals surface area contributed by atoms with E-state index in [4.69, 9.17) is 0 Å². The van der Waals surface area contributed by atoms with E-state index >= 15 is 0 Å². The minimum Gasteiger partial charge on any atom is -0.374 e. The van der Waals surface area contributed by atoms with Crippen LogP contribution in [-0.4, -0.2) is 18.9 Å². The normalized spacial score (nSPS) is 40.9. The zero-order valence-electron chi connectivity index (χ0n) is 8.84. The second-order valence-electron chi connectivity index (χ2n) is 5.25. The van der Waals surface area contributed by atoms with Gasteiger partial charge in [-0.15, -0.1) is 0 Å². The summed E-state index contributed by atoms with van der Waals surface area (Å²) in [5.74, 6) is 4.41. The third kappa shape index (κ3) is 1.55. The molecule has 0 aromatic carbocycles. The van der Waals surface area contributed by atoms with Crippen LogP contribution >= 0.6 is 0 Å². The van der Waals surface area contributed by atoms with E-state index in [1.54, 1.807) is 0 Å². The third-order valence-corrected chi connectivity index (χ3v) is 4.31. The van der Waals surface area contributed by atoms with Crippen molar-refractivity contribution in [1.29, 1.82) is 0 Å². The van der Waals surface area contributed by atoms with Crippen molar-refractivity contribution in [3.05, 3.63) is 0 Å². The first-order valence-electron chi connectivity index (χ1n) is 6.19. The SMILES string of the molecule is C1CN=C(CC2CC3CCC2C3)NC1. The van der Waals surface area contributed by atoms with Crippen LogP contribution in [0.5, 0.6) is 0 Å². The summed E-state index contributed by atoms with van der Waals surface area (Å²) in [7, 11) is 0. The first-order chi connectivity index (χ1) is 6.92. The smallest absolute Gasteiger partial charge is 0.0965 e. The maximum atomic E-state index is 4.58. The summed E-state index contributed by atoms with van der Waals surface area (Å²) in [6, 6.07) is 0. The quantitative estimate of drug-likeness (QED) is 0.712. The van der Waals surface area contributed by atoms with E-state index in [2.05, 4.69) is 10.3 Å². The van der Waals surface area contributed by atoms with Gasteiger partial charge in [-0.05, 0) is 43.4 Å². The van der Waals surface area contributed by atoms with Crippen molar-refractivity contribution >= 4 is 5.84 Å². The van der Waals surface area contributed by atoms with Crippen LogP contribution in [-0.2, 0) is 0 Å². The molecular weight excluding hydrogens is 172 g/mol. The molecule has 0 aromatic rings. The van der Waals surface area contributed by atoms with Gasteiger partial charge in [-0.2, -0.15) is 0 Å². The van der Waals surface area contributed by atoms with Crippen LogP contribution in [0.1, 0.15) is 38.5 Å². The minimum absolute atomic E-state index is 0.970. The van der Waals surface area contributed by atoms with Crippen molar-refractivity contribution in [1.82, 2.24) is 5.32 Å². The minimum atomic E-state index is 0.970. The van der Waals surface area contributed by atoms with E-state index in [1.807, 2.05) is 0 Å². The third-order valence-electron chi connectivity index (χ3n) is 4.31. The van der Waals surface area contributed by atoms with Crippen LogP contribution in [0.15, 0.2) is 4.99 Å². The van der Waals surface area contributed by atoms with Gasteiger partial charge in [0.1, 0.15) is 0 Å². The summed E-state index contributed by atoms with van der Waals surface area (Å²) in [5.41, 5.74) is 0. The van der Waals surface area contributed by atoms with Crippen LogP contribution in [0.2, 0.25) is 0 Å². The highest BCUT2D eigenvalue weighted by molar-refractivity contribution is 5.82. The number of nitrogens with zero attached hydrogens (tertiary/aromatic N) is 1. The molecule has 0 aromatic heterocycles. The van der Waals surface area contributed by atoms with Crippen molar-refractivity contribution in [2.45, 2.75) is 38.5 Å². The average Bonchev–Trinajstić information content (AvgIpc) is 2.81. The summed E-state index contributed by atoms with van der Waals surface area (Å²) in [6.45, 7) is 2.21. The highest BCUT2D eigenvalue weighted by Crippen LogP contribution is 2.49. The lowest BCUT2D eigenvalue weighted by atomic mass is 9.86. The fraction of sp³-hybridized carbons (Fsp3) is 0.917. The van der Waals surface area contributed by atoms with Gasteiger partial charge in [-0.1, -0.05) is 6.42 Å². The van der Waals surface area contributed by atoms with Gasteiger partial charge in [0.2, 0.25) is 0 Å². The number of fused-ring (bicyclic) bond motifs is 2. The standard InChI is InChI=1S/C12H20N2/c1-4-13-12(14-5-1)8-11-7-9-2-3-10(11)6-9/h9-11H,1-8H2,(H,13,14). The molecule has 2 bridgehead atoms. The van der Waals surface area contributed by atoms with Crippen molar-refractivity contribution in [2.24, 2.45) is 22.7 Å². The largest absolute Gasteiger partial charge is 0.374 e. The predicted octanol–water partition coefficient (Wildman–Crippen LogP) is 2.20. The van der Waals surface area contributed by atoms with Crippen LogP contribution in [0, 0.1) is 17.8 Å². The molecule has 0 radical (unpaired) electrons. The summed E-state index contributed by atoms with van der Waals surface area (Å²) in [5, 5.41) is 3.46. The van der Waals surface area contributed by atoms with Crippen LogP contribution in [0.4, 0.5) is 0 Å². The Labute approximate surface area is 86.2 Å². The molecule has 2 saturated carbocycles. The molecule has 3 unspecified atom stereocenters. The number of nitrogens with one attached hydrogen (secondary N) is 1. The van der Waals surface area contributed by atoms with E-state index in [1.165, 1.54) is 44.4 Å². The van der Waals surface area contributed by atoms with Crippen molar-refractivity contribution in [2.75, 3.05) is 13.1 Å². The molecular formula is C12H20N2. The van der Waals surface area contributed by atoms with Gasteiger partial charge < -0.3 is 5.32 Å². The molecule has 3 rings (SSSR count). The maximum Gasteiger partial charge on any atom is 0.0965 e. The molecule has 2 nitrogen and oxygen atoms in total. The van der Waals surface area contributed by atoms with Gasteiger partial charge in [0.05, 0.1) is 5.84 Å². The van der Waals surface area contributed by atoms with Gasteiger partial charge in [0.15, 0.2) is 0 Å². The van der Waals surface area contributed by atoms with E-state index in [0.717, 1.165) is 30.8 Å². The summed E-state index contributed by atoms with van der Waals surface area (Å²) >= 11 is 0. The van der Waals surface area contributed by atoms with Crippen LogP contribution in [0.3, 0.4) is 0 Å². The molecule has 1 N–H and O–H groups in total. The first kappa shape index (κ1) is 8.75. The Kier molecular flexibility index (Phi) is 2.22. The van der Waals surface area contributed by atoms with Crippen molar-refractivity contribution < 1.29 is 0 Å². The highest BCUT2D eigenvalue weighted by Gasteiger charge is 2.39. The monoisotopic (exact) mass is 192 g/mol. The lowest BCUT2D eigenvalue weighted by Crippen LogP contribution is -2.32. The highest BCUT2D eigenvalue weighted by atomic mass is 15.0. The maximum absolute atomic E-state index is 4.58. The Morgan fingerprint density at radius 1 is 1.29 bits per heavy atom. The lowest BCUT2D eigenvalue weighted by molar-refractivity contribution is 0.340. The van der Waals surface area contributed by atoms with Crippen LogP contribution in [0.25, 0.3) is 0 Å². The molecule has 1 aliphatic heterocycles. The van der Waals surface area contributed by atoms with Crippen molar-refractivity contribution in [3.8, 4) is 0 Å². The molecule has 2 aliphatic carbocycles. The Balaban J connectivity index is 1.59. The molecule has 3 aliphatic rings. The Bertz CT molecular complexity index is 247. The predicted molar refractivity (Wildman–Crippen MR) is 58.5 cm³/mol. The second-order valence-corrected chi connectivity index (χ2v) is 5.25. The molecule has 0 spiro atoms. The first-order valence-corrected chi connectivity index (χ1v) is 6.19. The van der Waals surface area contributed by atoms with E-state index in [9.17, 15) is 0 Å². The fourth-order valence-electron chi connectivity index (χ4n) is 3.59. The fourth-order valence-corrected chi connectivity index (χ4v) is 3.59. The molecule has 2 fully saturated rings. The van der Waals surface area contributed by atoms with E-state index in [-0.39, 0.29) is 0 Å². The summed E-state index contributed by atoms with van der Waals surface area (Å²) in [4.78, 5) is 4.58. The second kappa shape index (κ2) is 3.56. The van der Waals surface area contributed by atoms with Gasteiger partial charge in [-0.3, -0.25) is 4.99 Å². The molecule has 2 heteroatoms. The zero-order chi connectivity index (χ0) is 9.38. The molecule has 78 valence electrons. The Morgan fingerprint density at radius 2 is 2.29 bits per heavy atom. The molecule has 0 amide bonds. The number of rotatable bonds is 2. The topological polar surface area (TPSA) is 24.4 Å². The average molecular weight is 192 g/mol. The lowest BCUT2D eigenvalue weighted by Gasteiger charge is -2.24. The molecule has 1 heterocycles. The van der Waals surface area contributed by atoms with Gasteiger partial charge >= 0.3 is 0 Å². The number of aliphatic imine (C=N–C) groups is 1. The molecule has 14 heavy (non-hydrogen) atoms. The Morgan fingerprint density at radius 3 is 2.93 bits per heavy atom. The van der Waals surface area contributed by atoms with Crippen molar-refractivity contribution in [3.63, 3.8) is 0 Å². The van der Waals surface area contributed by atoms with Gasteiger partial charge in [0, 0.05) is 19.5 Å². The van der Waals surface area contributed by atoms with Crippen LogP contribution < -0.4 is 5.32 Å². The molecule has 3 atom stereocenters. The van der Waals surface area contributed by atoms with E-state index < -0.39 is 0 Å². The summed E-state index contributed by atoms with van der Waals surface area (Å²) < 4.78 is 0. The number of hydrogen-bond donors (Lipinski definition) is 1. The number of amidine groups is 1. The van der Waals surface area contributed by atoms with Gasteiger partial charge in [0.25, 0.3) is 0 Å². The number of hydrogen-bond acceptors (Lipinski definition) is 2. The molecule has 0 saturated heterocycles. The zero-order valence-corrected chi connectivity index (χ0v) is 8.84. The van der Waals surface area contributed by atoms with E-state index in [0.29, 0.717) is 0 Å². The summed E-state index contributed by atoms with van der Waals surface area (Å²) in [6.07, 6.45) is 8.51.